The molecule has 0 heterocycles. The number of hydrogen-bond donors (Lipinski definition) is 0. The summed E-state index contributed by atoms with van der Waals surface area (Å²) in [6.07, 6.45) is 11.1. The van der Waals surface area contributed by atoms with E-state index < -0.39 is 0 Å². The van der Waals surface area contributed by atoms with Gasteiger partial charge in [-0.1, -0.05) is 59.3 Å². The van der Waals surface area contributed by atoms with Crippen molar-refractivity contribution in [2.45, 2.75) is 78.6 Å². The summed E-state index contributed by atoms with van der Waals surface area (Å²) in [4.78, 5) is 12.2. The van der Waals surface area contributed by atoms with E-state index in [1.165, 1.54) is 44.9 Å². The Morgan fingerprint density at radius 1 is 0.938 bits per heavy atom. The van der Waals surface area contributed by atoms with Gasteiger partial charge in [0.25, 0.3) is 0 Å². The predicted molar refractivity (Wildman–Crippen MR) is 69.5 cm³/mol. The zero-order valence-electron chi connectivity index (χ0n) is 11.3. The number of Topliss-reactive ketones (excluding diaryl/α,β-unsaturated/α-hetero) is 1. The van der Waals surface area contributed by atoms with E-state index in [2.05, 4.69) is 20.8 Å². The maximum atomic E-state index is 12.2. The van der Waals surface area contributed by atoms with Gasteiger partial charge in [-0.05, 0) is 18.8 Å². The van der Waals surface area contributed by atoms with Gasteiger partial charge in [0, 0.05) is 11.8 Å². The molecule has 0 amide bonds. The molecule has 0 aromatic heterocycles. The van der Waals surface area contributed by atoms with Crippen LogP contribution in [0.2, 0.25) is 0 Å². The highest BCUT2D eigenvalue weighted by Gasteiger charge is 2.32. The number of hydrogen-bond acceptors (Lipinski definition) is 1. The standard InChI is InChI=1S/C15H28O/c1-13-11-9-7-5-4-6-8-10-12-14(16)15(13,2)3/h13H,4-12H2,1-3H3. The summed E-state index contributed by atoms with van der Waals surface area (Å²) in [5.74, 6) is 1.03. The van der Waals surface area contributed by atoms with E-state index in [0.29, 0.717) is 11.7 Å². The first kappa shape index (κ1) is 13.7. The van der Waals surface area contributed by atoms with Crippen molar-refractivity contribution in [3.8, 4) is 0 Å². The molecule has 0 aliphatic heterocycles. The van der Waals surface area contributed by atoms with E-state index in [-0.39, 0.29) is 5.41 Å². The highest BCUT2D eigenvalue weighted by atomic mass is 16.1. The molecule has 1 atom stereocenters. The summed E-state index contributed by atoms with van der Waals surface area (Å²) in [6, 6.07) is 0. The second-order valence-electron chi connectivity index (χ2n) is 6.06. The average Bonchev–Trinajstić information content (AvgIpc) is 2.24. The molecular weight excluding hydrogens is 196 g/mol. The molecule has 0 bridgehead atoms. The number of carbonyl (C=O) groups excluding carboxylic acids is 1. The lowest BCUT2D eigenvalue weighted by Crippen LogP contribution is -2.31. The van der Waals surface area contributed by atoms with Crippen molar-refractivity contribution in [1.82, 2.24) is 0 Å². The quantitative estimate of drug-likeness (QED) is 0.580. The van der Waals surface area contributed by atoms with Crippen LogP contribution in [-0.4, -0.2) is 5.78 Å². The Hall–Kier alpha value is -0.330. The van der Waals surface area contributed by atoms with Crippen LogP contribution < -0.4 is 0 Å². The van der Waals surface area contributed by atoms with Crippen molar-refractivity contribution < 1.29 is 4.79 Å². The molecule has 1 heteroatoms. The summed E-state index contributed by atoms with van der Waals surface area (Å²) >= 11 is 0. The van der Waals surface area contributed by atoms with E-state index in [9.17, 15) is 4.79 Å². The molecular formula is C15H28O. The van der Waals surface area contributed by atoms with Gasteiger partial charge in [0.2, 0.25) is 0 Å². The Morgan fingerprint density at radius 2 is 1.44 bits per heavy atom. The van der Waals surface area contributed by atoms with Crippen molar-refractivity contribution in [2.24, 2.45) is 11.3 Å². The van der Waals surface area contributed by atoms with Crippen molar-refractivity contribution >= 4 is 5.78 Å². The van der Waals surface area contributed by atoms with Gasteiger partial charge in [0.1, 0.15) is 5.78 Å². The summed E-state index contributed by atoms with van der Waals surface area (Å²) in [5.41, 5.74) is -0.0980. The molecule has 94 valence electrons. The molecule has 1 saturated carbocycles. The SMILES string of the molecule is CC1CCCCCCCCCC(=O)C1(C)C. The van der Waals surface area contributed by atoms with Crippen LogP contribution in [0.25, 0.3) is 0 Å². The van der Waals surface area contributed by atoms with Crippen LogP contribution in [0.15, 0.2) is 0 Å². The molecule has 0 radical (unpaired) electrons. The summed E-state index contributed by atoms with van der Waals surface area (Å²) in [7, 11) is 0. The van der Waals surface area contributed by atoms with Crippen LogP contribution >= 0.6 is 0 Å². The van der Waals surface area contributed by atoms with Crippen molar-refractivity contribution in [3.63, 3.8) is 0 Å². The molecule has 16 heavy (non-hydrogen) atoms. The van der Waals surface area contributed by atoms with E-state index in [1.54, 1.807) is 0 Å². The van der Waals surface area contributed by atoms with E-state index >= 15 is 0 Å². The van der Waals surface area contributed by atoms with Gasteiger partial charge in [-0.15, -0.1) is 0 Å². The Kier molecular flexibility index (Phi) is 5.51. The van der Waals surface area contributed by atoms with Gasteiger partial charge in [0.15, 0.2) is 0 Å². The minimum Gasteiger partial charge on any atom is -0.299 e. The first-order chi connectivity index (χ1) is 7.55. The largest absolute Gasteiger partial charge is 0.299 e. The third-order valence-corrected chi connectivity index (χ3v) is 4.49. The first-order valence-corrected chi connectivity index (χ1v) is 7.08. The molecule has 1 unspecified atom stereocenters. The maximum absolute atomic E-state index is 12.2. The summed E-state index contributed by atoms with van der Waals surface area (Å²) in [6.45, 7) is 6.54. The lowest BCUT2D eigenvalue weighted by Gasteiger charge is -2.31. The summed E-state index contributed by atoms with van der Waals surface area (Å²) in [5, 5.41) is 0. The predicted octanol–water partition coefficient (Wildman–Crippen LogP) is 4.74. The maximum Gasteiger partial charge on any atom is 0.138 e. The molecule has 0 N–H and O–H groups in total. The van der Waals surface area contributed by atoms with Gasteiger partial charge in [-0.25, -0.2) is 0 Å². The lowest BCUT2D eigenvalue weighted by atomic mass is 9.72. The van der Waals surface area contributed by atoms with Crippen molar-refractivity contribution in [3.05, 3.63) is 0 Å². The van der Waals surface area contributed by atoms with Crippen LogP contribution in [0.3, 0.4) is 0 Å². The highest BCUT2D eigenvalue weighted by molar-refractivity contribution is 5.84. The lowest BCUT2D eigenvalue weighted by molar-refractivity contribution is -0.129. The van der Waals surface area contributed by atoms with Gasteiger partial charge < -0.3 is 0 Å². The number of ketones is 1. The van der Waals surface area contributed by atoms with Crippen LogP contribution in [-0.2, 0) is 4.79 Å². The third kappa shape index (κ3) is 3.92. The molecule has 1 fully saturated rings. The monoisotopic (exact) mass is 224 g/mol. The fourth-order valence-corrected chi connectivity index (χ4v) is 2.58. The Labute approximate surface area is 101 Å². The van der Waals surface area contributed by atoms with Gasteiger partial charge in [-0.2, -0.15) is 0 Å². The highest BCUT2D eigenvalue weighted by Crippen LogP contribution is 2.33. The molecule has 1 aliphatic carbocycles. The van der Waals surface area contributed by atoms with E-state index in [1.807, 2.05) is 0 Å². The van der Waals surface area contributed by atoms with Crippen LogP contribution in [0, 0.1) is 11.3 Å². The van der Waals surface area contributed by atoms with Gasteiger partial charge in [-0.3, -0.25) is 4.79 Å². The number of carbonyl (C=O) groups is 1. The van der Waals surface area contributed by atoms with Crippen LogP contribution in [0.4, 0.5) is 0 Å². The molecule has 0 spiro atoms. The third-order valence-electron chi connectivity index (χ3n) is 4.49. The molecule has 0 aromatic rings. The molecule has 0 aromatic carbocycles. The zero-order valence-corrected chi connectivity index (χ0v) is 11.3. The fraction of sp³-hybridized carbons (Fsp3) is 0.933. The smallest absolute Gasteiger partial charge is 0.138 e. The minimum atomic E-state index is -0.0980. The summed E-state index contributed by atoms with van der Waals surface area (Å²) < 4.78 is 0. The van der Waals surface area contributed by atoms with E-state index in [4.69, 9.17) is 0 Å². The molecule has 1 rings (SSSR count). The Balaban J connectivity index is 2.56. The second-order valence-corrected chi connectivity index (χ2v) is 6.06. The van der Waals surface area contributed by atoms with Gasteiger partial charge >= 0.3 is 0 Å². The molecule has 1 aliphatic rings. The normalized spacial score (nSPS) is 29.2. The Bertz CT molecular complexity index is 217. The topological polar surface area (TPSA) is 17.1 Å². The second kappa shape index (κ2) is 6.42. The molecule has 0 saturated heterocycles. The van der Waals surface area contributed by atoms with Crippen molar-refractivity contribution in [1.29, 1.82) is 0 Å². The van der Waals surface area contributed by atoms with Crippen LogP contribution in [0.1, 0.15) is 78.6 Å². The molecule has 1 nitrogen and oxygen atoms in total. The van der Waals surface area contributed by atoms with E-state index in [0.717, 1.165) is 12.8 Å². The fourth-order valence-electron chi connectivity index (χ4n) is 2.58. The Morgan fingerprint density at radius 3 is 2.06 bits per heavy atom. The zero-order chi connectivity index (χ0) is 12.0. The van der Waals surface area contributed by atoms with Gasteiger partial charge in [0.05, 0.1) is 0 Å². The first-order valence-electron chi connectivity index (χ1n) is 7.08. The van der Waals surface area contributed by atoms with Crippen molar-refractivity contribution in [2.75, 3.05) is 0 Å². The minimum absolute atomic E-state index is 0.0980. The number of rotatable bonds is 0. The average molecular weight is 224 g/mol. The van der Waals surface area contributed by atoms with Crippen LogP contribution in [0.5, 0.6) is 0 Å².